The number of aromatic nitrogens is 2. The van der Waals surface area contributed by atoms with Crippen molar-refractivity contribution in [2.24, 2.45) is 5.92 Å². The van der Waals surface area contributed by atoms with E-state index >= 15 is 0 Å². The van der Waals surface area contributed by atoms with Crippen molar-refractivity contribution in [1.82, 2.24) is 25.1 Å². The van der Waals surface area contributed by atoms with Crippen molar-refractivity contribution in [3.63, 3.8) is 0 Å². The van der Waals surface area contributed by atoms with Crippen LogP contribution in [0.4, 0.5) is 4.79 Å². The summed E-state index contributed by atoms with van der Waals surface area (Å²) < 4.78 is 1.84. The quantitative estimate of drug-likeness (QED) is 0.711. The van der Waals surface area contributed by atoms with Crippen molar-refractivity contribution in [1.29, 1.82) is 0 Å². The van der Waals surface area contributed by atoms with Gasteiger partial charge in [-0.15, -0.1) is 0 Å². The Hall–Kier alpha value is -3.49. The number of hydrogen-bond acceptors (Lipinski definition) is 5. The summed E-state index contributed by atoms with van der Waals surface area (Å²) >= 11 is 0. The van der Waals surface area contributed by atoms with E-state index in [4.69, 9.17) is 0 Å². The smallest absolute Gasteiger partial charge is 0.322 e. The fourth-order valence-electron chi connectivity index (χ4n) is 4.93. The van der Waals surface area contributed by atoms with Crippen LogP contribution in [0.15, 0.2) is 41.3 Å². The van der Waals surface area contributed by atoms with Gasteiger partial charge < -0.3 is 14.8 Å². The van der Waals surface area contributed by atoms with Gasteiger partial charge in [0.25, 0.3) is 11.5 Å². The van der Waals surface area contributed by atoms with Gasteiger partial charge in [0, 0.05) is 55.5 Å². The molecular weight excluding hydrogens is 398 g/mol. The third-order valence-electron chi connectivity index (χ3n) is 6.38. The number of rotatable bonds is 4. The van der Waals surface area contributed by atoms with Crippen molar-refractivity contribution in [3.8, 4) is 11.3 Å². The predicted molar refractivity (Wildman–Crippen MR) is 111 cm³/mol. The van der Waals surface area contributed by atoms with Crippen molar-refractivity contribution < 1.29 is 14.4 Å². The molecule has 2 saturated heterocycles. The Labute approximate surface area is 178 Å². The van der Waals surface area contributed by atoms with Crippen molar-refractivity contribution in [3.05, 3.63) is 52.6 Å². The SMILES string of the molecule is O=C1NC(=O)[C@H](CCC(=O)N2C[C@@H]3C[C@H](C2)c2cc(-c4ccccn4)cc(=O)n2C3)N1. The number of pyridine rings is 2. The van der Waals surface area contributed by atoms with Crippen molar-refractivity contribution in [2.45, 2.75) is 37.8 Å². The molecule has 160 valence electrons. The summed E-state index contributed by atoms with van der Waals surface area (Å²) in [4.78, 5) is 54.8. The highest BCUT2D eigenvalue weighted by Crippen LogP contribution is 2.36. The van der Waals surface area contributed by atoms with Crippen molar-refractivity contribution in [2.75, 3.05) is 13.1 Å². The van der Waals surface area contributed by atoms with Gasteiger partial charge in [0.05, 0.1) is 5.69 Å². The molecule has 9 nitrogen and oxygen atoms in total. The van der Waals surface area contributed by atoms with Gasteiger partial charge in [-0.05, 0) is 37.0 Å². The lowest BCUT2D eigenvalue weighted by molar-refractivity contribution is -0.134. The molecule has 3 aliphatic rings. The van der Waals surface area contributed by atoms with Crippen LogP contribution in [0.2, 0.25) is 0 Å². The average Bonchev–Trinajstić information content (AvgIpc) is 3.10. The van der Waals surface area contributed by atoms with E-state index in [0.717, 1.165) is 23.4 Å². The van der Waals surface area contributed by atoms with Crippen LogP contribution in [-0.2, 0) is 16.1 Å². The summed E-state index contributed by atoms with van der Waals surface area (Å²) in [5.41, 5.74) is 2.47. The first kappa shape index (κ1) is 19.5. The molecular formula is C22H23N5O4. The monoisotopic (exact) mass is 421 g/mol. The van der Waals surface area contributed by atoms with E-state index in [0.29, 0.717) is 19.6 Å². The largest absolute Gasteiger partial charge is 0.342 e. The van der Waals surface area contributed by atoms with Gasteiger partial charge in [-0.1, -0.05) is 6.07 Å². The summed E-state index contributed by atoms with van der Waals surface area (Å²) in [6, 6.07) is 8.11. The molecule has 0 spiro atoms. The number of imide groups is 1. The second kappa shape index (κ2) is 7.64. The molecule has 5 rings (SSSR count). The molecule has 31 heavy (non-hydrogen) atoms. The normalized spacial score (nSPS) is 24.4. The number of piperidine rings is 1. The predicted octanol–water partition coefficient (Wildman–Crippen LogP) is 0.844. The summed E-state index contributed by atoms with van der Waals surface area (Å²) in [6.07, 6.45) is 3.12. The maximum Gasteiger partial charge on any atom is 0.322 e. The van der Waals surface area contributed by atoms with Gasteiger partial charge in [0.1, 0.15) is 6.04 Å². The van der Waals surface area contributed by atoms with Crippen LogP contribution in [-0.4, -0.2) is 51.4 Å². The van der Waals surface area contributed by atoms with Crippen LogP contribution < -0.4 is 16.2 Å². The summed E-state index contributed by atoms with van der Waals surface area (Å²) in [5.74, 6) is -0.102. The summed E-state index contributed by atoms with van der Waals surface area (Å²) in [7, 11) is 0. The molecule has 2 fully saturated rings. The second-order valence-electron chi connectivity index (χ2n) is 8.48. The maximum absolute atomic E-state index is 12.8. The zero-order valence-electron chi connectivity index (χ0n) is 16.9. The van der Waals surface area contributed by atoms with E-state index in [2.05, 4.69) is 15.6 Å². The highest BCUT2D eigenvalue weighted by Gasteiger charge is 2.37. The topological polar surface area (TPSA) is 113 Å². The molecule has 5 heterocycles. The van der Waals surface area contributed by atoms with E-state index in [-0.39, 0.29) is 42.1 Å². The van der Waals surface area contributed by atoms with E-state index in [1.54, 1.807) is 12.3 Å². The molecule has 3 atom stereocenters. The molecule has 0 unspecified atom stereocenters. The Kier molecular flexibility index (Phi) is 4.80. The van der Waals surface area contributed by atoms with Crippen LogP contribution in [0.25, 0.3) is 11.3 Å². The minimum absolute atomic E-state index is 0.0275. The van der Waals surface area contributed by atoms with Gasteiger partial charge >= 0.3 is 6.03 Å². The van der Waals surface area contributed by atoms with Gasteiger partial charge in [-0.25, -0.2) is 4.79 Å². The van der Waals surface area contributed by atoms with Crippen LogP contribution in [0.1, 0.15) is 30.9 Å². The lowest BCUT2D eigenvalue weighted by Crippen LogP contribution is -2.49. The lowest BCUT2D eigenvalue weighted by atomic mass is 9.82. The van der Waals surface area contributed by atoms with Crippen LogP contribution in [0, 0.1) is 5.92 Å². The fourth-order valence-corrected chi connectivity index (χ4v) is 4.93. The molecule has 4 amide bonds. The Morgan fingerprint density at radius 1 is 1.13 bits per heavy atom. The zero-order chi connectivity index (χ0) is 21.5. The molecule has 2 N–H and O–H groups in total. The molecule has 9 heteroatoms. The van der Waals surface area contributed by atoms with Gasteiger partial charge in [-0.2, -0.15) is 0 Å². The number of carbonyl (C=O) groups is 3. The molecule has 0 radical (unpaired) electrons. The third kappa shape index (κ3) is 3.71. The molecule has 0 aliphatic carbocycles. The first-order chi connectivity index (χ1) is 15.0. The van der Waals surface area contributed by atoms with E-state index in [1.165, 1.54) is 0 Å². The van der Waals surface area contributed by atoms with Crippen molar-refractivity contribution >= 4 is 17.8 Å². The van der Waals surface area contributed by atoms with Gasteiger partial charge in [-0.3, -0.25) is 24.7 Å². The Morgan fingerprint density at radius 3 is 2.74 bits per heavy atom. The Bertz CT molecular complexity index is 1110. The first-order valence-corrected chi connectivity index (χ1v) is 10.5. The minimum Gasteiger partial charge on any atom is -0.342 e. The molecule has 0 saturated carbocycles. The fraction of sp³-hybridized carbons (Fsp3) is 0.409. The Morgan fingerprint density at radius 2 is 2.00 bits per heavy atom. The third-order valence-corrected chi connectivity index (χ3v) is 6.38. The van der Waals surface area contributed by atoms with E-state index in [9.17, 15) is 19.2 Å². The van der Waals surface area contributed by atoms with E-state index in [1.807, 2.05) is 33.7 Å². The van der Waals surface area contributed by atoms with Crippen LogP contribution >= 0.6 is 0 Å². The number of nitrogens with zero attached hydrogens (tertiary/aromatic N) is 3. The number of urea groups is 1. The number of fused-ring (bicyclic) bond motifs is 4. The number of likely N-dealkylation sites (tertiary alicyclic amines) is 1. The standard InChI is InChI=1S/C22H23N5O4/c28-19(5-4-17-21(30)25-22(31)24-17)26-10-13-7-15(12-26)18-8-14(9-20(29)27(18)11-13)16-3-1-2-6-23-16/h1-3,6,8-9,13,15,17H,4-5,7,10-12H2,(H2,24,25,30,31)/t13-,15+,17-/m0/s1. The zero-order valence-corrected chi connectivity index (χ0v) is 16.9. The summed E-state index contributed by atoms with van der Waals surface area (Å²) in [5, 5.41) is 4.71. The number of carbonyl (C=O) groups excluding carboxylic acids is 3. The second-order valence-corrected chi connectivity index (χ2v) is 8.48. The van der Waals surface area contributed by atoms with Crippen LogP contribution in [0.3, 0.4) is 0 Å². The number of amides is 4. The molecule has 2 bridgehead atoms. The minimum atomic E-state index is -0.652. The summed E-state index contributed by atoms with van der Waals surface area (Å²) in [6.45, 7) is 1.74. The van der Waals surface area contributed by atoms with Crippen LogP contribution in [0.5, 0.6) is 0 Å². The average molecular weight is 421 g/mol. The van der Waals surface area contributed by atoms with Gasteiger partial charge in [0.2, 0.25) is 5.91 Å². The van der Waals surface area contributed by atoms with Gasteiger partial charge in [0.15, 0.2) is 0 Å². The molecule has 2 aromatic rings. The first-order valence-electron chi connectivity index (χ1n) is 10.5. The Balaban J connectivity index is 1.33. The highest BCUT2D eigenvalue weighted by atomic mass is 16.2. The lowest BCUT2D eigenvalue weighted by Gasteiger charge is -2.43. The molecule has 0 aromatic carbocycles. The maximum atomic E-state index is 12.8. The molecule has 3 aliphatic heterocycles. The number of nitrogens with one attached hydrogen (secondary N) is 2. The number of hydrogen-bond donors (Lipinski definition) is 2. The highest BCUT2D eigenvalue weighted by molar-refractivity contribution is 6.04. The van der Waals surface area contributed by atoms with E-state index < -0.39 is 12.1 Å². The molecule has 2 aromatic heterocycles.